The Kier molecular flexibility index (Phi) is 10.2. The molecule has 2 fully saturated rings. The molecule has 1 amide bonds. The number of aliphatic carboxylic acids is 1. The Hall–Kier alpha value is -2.59. The van der Waals surface area contributed by atoms with Crippen molar-refractivity contribution in [2.75, 3.05) is 18.9 Å². The molecule has 0 aliphatic carbocycles. The Morgan fingerprint density at radius 2 is 1.98 bits per heavy atom. The van der Waals surface area contributed by atoms with Crippen molar-refractivity contribution in [1.82, 2.24) is 14.9 Å². The third-order valence-corrected chi connectivity index (χ3v) is 7.37. The molecule has 12 N–H and O–H groups in total. The van der Waals surface area contributed by atoms with E-state index in [-0.39, 0.29) is 5.82 Å². The molecule has 0 aromatic carbocycles. The fourth-order valence-electron chi connectivity index (χ4n) is 4.27. The second-order valence-electron chi connectivity index (χ2n) is 9.38. The standard InChI is InChI=1S/C20H32N5O15P/c1-7(26)13(29)16-12(24-11(28)5-21)8(27)4-20(39-16,18(32)33)40-41(35,36)37-6-9-14(30)15(31)17(38-9)25-3-2-10(22)23-19(25)34/h2-3,7-9,12-17,26-27,29-31H,4-6,21H2,1H3,(H,24,28)(H,32,33)(H,35,36)(H2,22,23,34)/t7?,8?,9?,12?,13?,14-,15-,16?,17-,20?/m1/s1. The SMILES string of the molecule is CC(O)C(O)C1OC(OP(=O)(O)OCC2O[C@@H](n3ccc(N)nc3=O)[C@H](O)[C@@H]2O)(C(=O)O)CC(O)C1NC(=O)CN. The molecule has 0 spiro atoms. The van der Waals surface area contributed by atoms with E-state index >= 15 is 0 Å². The van der Waals surface area contributed by atoms with Crippen molar-refractivity contribution in [3.8, 4) is 0 Å². The second-order valence-corrected chi connectivity index (χ2v) is 10.8. The summed E-state index contributed by atoms with van der Waals surface area (Å²) in [6.45, 7) is -0.467. The molecule has 0 saturated carbocycles. The van der Waals surface area contributed by atoms with E-state index in [0.717, 1.165) is 17.7 Å². The average Bonchev–Trinajstić information content (AvgIpc) is 3.16. The molecule has 2 aliphatic rings. The summed E-state index contributed by atoms with van der Waals surface area (Å²) in [6, 6.07) is -0.321. The number of phosphoric ester groups is 1. The van der Waals surface area contributed by atoms with E-state index in [4.69, 9.17) is 30.0 Å². The number of nitrogens with one attached hydrogen (secondary N) is 1. The first-order valence-electron chi connectivity index (χ1n) is 12.0. The van der Waals surface area contributed by atoms with Gasteiger partial charge < -0.3 is 61.8 Å². The maximum Gasteiger partial charge on any atom is 0.475 e. The summed E-state index contributed by atoms with van der Waals surface area (Å²) < 4.78 is 33.9. The Morgan fingerprint density at radius 1 is 1.32 bits per heavy atom. The number of carbonyl (C=O) groups is 2. The first-order chi connectivity index (χ1) is 19.0. The highest BCUT2D eigenvalue weighted by Gasteiger charge is 2.58. The van der Waals surface area contributed by atoms with Gasteiger partial charge in [-0.05, 0) is 13.0 Å². The van der Waals surface area contributed by atoms with Gasteiger partial charge in [-0.25, -0.2) is 18.7 Å². The van der Waals surface area contributed by atoms with E-state index in [1.54, 1.807) is 0 Å². The molecule has 8 unspecified atom stereocenters. The van der Waals surface area contributed by atoms with E-state index in [2.05, 4.69) is 10.3 Å². The number of aromatic nitrogens is 2. The van der Waals surface area contributed by atoms with Gasteiger partial charge in [0.1, 0.15) is 36.3 Å². The van der Waals surface area contributed by atoms with Crippen LogP contribution < -0.4 is 22.5 Å². The van der Waals surface area contributed by atoms with Crippen LogP contribution in [0.25, 0.3) is 0 Å². The number of phosphoric acid groups is 1. The number of carbonyl (C=O) groups excluding carboxylic acids is 1. The molecule has 3 rings (SSSR count). The Balaban J connectivity index is 1.78. The van der Waals surface area contributed by atoms with Gasteiger partial charge in [-0.2, -0.15) is 4.98 Å². The first-order valence-corrected chi connectivity index (χ1v) is 13.5. The number of ether oxygens (including phenoxy) is 2. The van der Waals surface area contributed by atoms with Gasteiger partial charge in [0, 0.05) is 12.6 Å². The number of rotatable bonds is 11. The van der Waals surface area contributed by atoms with Gasteiger partial charge in [-0.3, -0.25) is 13.9 Å². The predicted molar refractivity (Wildman–Crippen MR) is 130 cm³/mol. The van der Waals surface area contributed by atoms with Crippen molar-refractivity contribution in [2.45, 2.75) is 74.1 Å². The number of nitrogens with two attached hydrogens (primary N) is 2. The van der Waals surface area contributed by atoms with Crippen molar-refractivity contribution >= 4 is 25.5 Å². The van der Waals surface area contributed by atoms with E-state index in [1.165, 1.54) is 6.07 Å². The number of amides is 1. The van der Waals surface area contributed by atoms with Gasteiger partial charge in [-0.15, -0.1) is 0 Å². The monoisotopic (exact) mass is 613 g/mol. The second kappa shape index (κ2) is 12.7. The van der Waals surface area contributed by atoms with Crippen molar-refractivity contribution in [1.29, 1.82) is 0 Å². The highest BCUT2D eigenvalue weighted by molar-refractivity contribution is 7.47. The maximum absolute atomic E-state index is 12.8. The minimum absolute atomic E-state index is 0.128. The summed E-state index contributed by atoms with van der Waals surface area (Å²) in [5, 5.41) is 63.6. The van der Waals surface area contributed by atoms with E-state index in [0.29, 0.717) is 0 Å². The molecular formula is C20H32N5O15P. The molecule has 232 valence electrons. The number of hydrogen-bond acceptors (Lipinski definition) is 16. The van der Waals surface area contributed by atoms with E-state index < -0.39 is 106 Å². The number of anilines is 1. The van der Waals surface area contributed by atoms with Crippen molar-refractivity contribution in [2.24, 2.45) is 5.73 Å². The van der Waals surface area contributed by atoms with Gasteiger partial charge in [0.15, 0.2) is 6.23 Å². The van der Waals surface area contributed by atoms with Crippen molar-refractivity contribution in [3.05, 3.63) is 22.7 Å². The van der Waals surface area contributed by atoms with Crippen LogP contribution in [-0.4, -0.2) is 125 Å². The highest BCUT2D eigenvalue weighted by Crippen LogP contribution is 2.51. The summed E-state index contributed by atoms with van der Waals surface area (Å²) in [5.74, 6) is -6.18. The summed E-state index contributed by atoms with van der Waals surface area (Å²) in [6.07, 6.45) is -13.9. The molecule has 3 heterocycles. The number of hydrogen-bond donors (Lipinski definition) is 10. The number of aliphatic hydroxyl groups excluding tert-OH is 5. The molecule has 21 heteroatoms. The molecule has 1 aromatic rings. The zero-order valence-electron chi connectivity index (χ0n) is 21.4. The number of aliphatic hydroxyl groups is 5. The number of nitrogens with zero attached hydrogens (tertiary/aromatic N) is 2. The smallest absolute Gasteiger partial charge is 0.475 e. The molecule has 1 aromatic heterocycles. The van der Waals surface area contributed by atoms with Crippen LogP contribution in [0.15, 0.2) is 17.1 Å². The third kappa shape index (κ3) is 7.25. The minimum atomic E-state index is -5.49. The zero-order chi connectivity index (χ0) is 30.9. The van der Waals surface area contributed by atoms with Gasteiger partial charge in [-0.1, -0.05) is 0 Å². The van der Waals surface area contributed by atoms with Gasteiger partial charge >= 0.3 is 19.5 Å². The Morgan fingerprint density at radius 3 is 2.54 bits per heavy atom. The van der Waals surface area contributed by atoms with E-state index in [9.17, 15) is 54.5 Å². The summed E-state index contributed by atoms with van der Waals surface area (Å²) in [7, 11) is -5.49. The molecule has 0 bridgehead atoms. The number of nitrogen functional groups attached to an aromatic ring is 1. The van der Waals surface area contributed by atoms with Crippen molar-refractivity contribution < 1.29 is 68.2 Å². The fraction of sp³-hybridized carbons (Fsp3) is 0.700. The molecule has 11 atom stereocenters. The quantitative estimate of drug-likeness (QED) is 0.104. The average molecular weight is 613 g/mol. The number of carboxylic acid groups (broad SMARTS) is 1. The first kappa shape index (κ1) is 32.9. The van der Waals surface area contributed by atoms with Gasteiger partial charge in [0.2, 0.25) is 5.91 Å². The van der Waals surface area contributed by atoms with Crippen LogP contribution in [0.2, 0.25) is 0 Å². The van der Waals surface area contributed by atoms with Crippen molar-refractivity contribution in [3.63, 3.8) is 0 Å². The van der Waals surface area contributed by atoms with Gasteiger partial charge in [0.05, 0.1) is 31.4 Å². The lowest BCUT2D eigenvalue weighted by molar-refractivity contribution is -0.287. The lowest BCUT2D eigenvalue weighted by Gasteiger charge is -2.46. The van der Waals surface area contributed by atoms with Crippen LogP contribution in [-0.2, 0) is 32.7 Å². The topological polar surface area (TPSA) is 329 Å². The highest BCUT2D eigenvalue weighted by atomic mass is 31.2. The lowest BCUT2D eigenvalue weighted by atomic mass is 9.89. The minimum Gasteiger partial charge on any atom is -0.477 e. The van der Waals surface area contributed by atoms with Crippen LogP contribution in [0, 0.1) is 0 Å². The fourth-order valence-corrected chi connectivity index (χ4v) is 5.23. The van der Waals surface area contributed by atoms with E-state index in [1.807, 2.05) is 0 Å². The zero-order valence-corrected chi connectivity index (χ0v) is 22.3. The molecule has 2 aliphatic heterocycles. The van der Waals surface area contributed by atoms with Crippen LogP contribution in [0.3, 0.4) is 0 Å². The maximum atomic E-state index is 12.8. The largest absolute Gasteiger partial charge is 0.477 e. The summed E-state index contributed by atoms with van der Waals surface area (Å²) in [4.78, 5) is 49.9. The third-order valence-electron chi connectivity index (χ3n) is 6.37. The summed E-state index contributed by atoms with van der Waals surface area (Å²) in [5.41, 5.74) is 9.72. The Labute approximate surface area is 230 Å². The molecule has 2 saturated heterocycles. The van der Waals surface area contributed by atoms with Crippen LogP contribution >= 0.6 is 7.82 Å². The lowest BCUT2D eigenvalue weighted by Crippen LogP contribution is -2.67. The van der Waals surface area contributed by atoms with Gasteiger partial charge in [0.25, 0.3) is 5.79 Å². The van der Waals surface area contributed by atoms with Crippen LogP contribution in [0.5, 0.6) is 0 Å². The van der Waals surface area contributed by atoms with Crippen LogP contribution in [0.4, 0.5) is 5.82 Å². The molecule has 41 heavy (non-hydrogen) atoms. The normalized spacial score (nSPS) is 34.9. The number of carboxylic acids is 1. The molecule has 0 radical (unpaired) electrons. The Bertz CT molecular complexity index is 1220. The molecular weight excluding hydrogens is 581 g/mol. The molecule has 20 nitrogen and oxygen atoms in total. The predicted octanol–water partition coefficient (Wildman–Crippen LogP) is -5.31. The summed E-state index contributed by atoms with van der Waals surface area (Å²) >= 11 is 0. The van der Waals surface area contributed by atoms with Crippen LogP contribution in [0.1, 0.15) is 19.6 Å².